The summed E-state index contributed by atoms with van der Waals surface area (Å²) in [6, 6.07) is 20.8. The minimum Gasteiger partial charge on any atom is -0.497 e. The molecule has 32 heavy (non-hydrogen) atoms. The molecule has 3 aromatic carbocycles. The van der Waals surface area contributed by atoms with Crippen molar-refractivity contribution in [2.75, 3.05) is 13.7 Å². The number of carbonyl (C=O) groups is 2. The lowest BCUT2D eigenvalue weighted by molar-refractivity contribution is -0.125. The topological polar surface area (TPSA) is 58.6 Å². The van der Waals surface area contributed by atoms with Crippen molar-refractivity contribution in [3.8, 4) is 16.9 Å². The van der Waals surface area contributed by atoms with Gasteiger partial charge in [0.2, 0.25) is 5.91 Å². The normalized spacial score (nSPS) is 15.4. The molecule has 1 unspecified atom stereocenters. The summed E-state index contributed by atoms with van der Waals surface area (Å²) in [4.78, 5) is 27.7. The van der Waals surface area contributed by atoms with Crippen LogP contribution in [0.25, 0.3) is 11.1 Å². The molecule has 6 heteroatoms. The van der Waals surface area contributed by atoms with Crippen molar-refractivity contribution in [3.05, 3.63) is 89.7 Å². The second-order valence-corrected chi connectivity index (χ2v) is 7.78. The average Bonchev–Trinajstić information content (AvgIpc) is 3.33. The van der Waals surface area contributed by atoms with Crippen molar-refractivity contribution < 1.29 is 18.7 Å². The van der Waals surface area contributed by atoms with Gasteiger partial charge in [-0.25, -0.2) is 4.39 Å². The van der Waals surface area contributed by atoms with E-state index in [0.717, 1.165) is 23.3 Å². The lowest BCUT2D eigenvalue weighted by Crippen LogP contribution is -2.45. The number of methoxy groups -OCH3 is 1. The minimum absolute atomic E-state index is 0.0926. The first kappa shape index (κ1) is 21.6. The molecule has 1 saturated heterocycles. The first-order valence-electron chi connectivity index (χ1n) is 10.6. The van der Waals surface area contributed by atoms with Crippen LogP contribution in [0.5, 0.6) is 5.75 Å². The zero-order chi connectivity index (χ0) is 22.5. The molecule has 2 amide bonds. The number of carbonyl (C=O) groups excluding carboxylic acids is 2. The van der Waals surface area contributed by atoms with E-state index < -0.39 is 6.04 Å². The molecule has 0 aromatic heterocycles. The molecule has 0 bridgehead atoms. The Balaban J connectivity index is 1.48. The van der Waals surface area contributed by atoms with E-state index in [4.69, 9.17) is 4.74 Å². The number of benzene rings is 3. The molecule has 3 aromatic rings. The molecule has 1 atom stereocenters. The van der Waals surface area contributed by atoms with Gasteiger partial charge in [0.25, 0.3) is 5.91 Å². The number of hydrogen-bond donors (Lipinski definition) is 1. The van der Waals surface area contributed by atoms with E-state index in [1.807, 2.05) is 42.5 Å². The first-order valence-corrected chi connectivity index (χ1v) is 10.6. The Bertz CT molecular complexity index is 1130. The summed E-state index contributed by atoms with van der Waals surface area (Å²) in [6.07, 6.45) is 1.34. The van der Waals surface area contributed by atoms with Crippen LogP contribution in [0.15, 0.2) is 72.8 Å². The maximum Gasteiger partial charge on any atom is 0.254 e. The fourth-order valence-corrected chi connectivity index (χ4v) is 4.02. The lowest BCUT2D eigenvalue weighted by atomic mass is 10.0. The van der Waals surface area contributed by atoms with Gasteiger partial charge in [0.05, 0.1) is 7.11 Å². The smallest absolute Gasteiger partial charge is 0.254 e. The summed E-state index contributed by atoms with van der Waals surface area (Å²) in [6.45, 7) is 0.607. The quantitative estimate of drug-likeness (QED) is 0.627. The fraction of sp³-hybridized carbons (Fsp3) is 0.231. The van der Waals surface area contributed by atoms with Gasteiger partial charge in [-0.05, 0) is 54.3 Å². The summed E-state index contributed by atoms with van der Waals surface area (Å²) in [5.74, 6) is -0.0618. The molecule has 0 radical (unpaired) electrons. The highest BCUT2D eigenvalue weighted by Gasteiger charge is 2.34. The van der Waals surface area contributed by atoms with Gasteiger partial charge in [-0.1, -0.05) is 42.5 Å². The Labute approximate surface area is 186 Å². The standard InChI is InChI=1S/C26H25FN2O3/c1-32-22-11-5-9-19(16-22)18-8-4-10-20(15-18)26(31)29-14-6-13-24(29)25(30)28-17-21-7-2-3-12-23(21)27/h2-5,7-12,15-16,24H,6,13-14,17H2,1H3,(H,28,30). The van der Waals surface area contributed by atoms with Crippen LogP contribution in [0, 0.1) is 5.82 Å². The van der Waals surface area contributed by atoms with Gasteiger partial charge >= 0.3 is 0 Å². The number of hydrogen-bond acceptors (Lipinski definition) is 3. The van der Waals surface area contributed by atoms with Crippen molar-refractivity contribution in [3.63, 3.8) is 0 Å². The van der Waals surface area contributed by atoms with Crippen molar-refractivity contribution >= 4 is 11.8 Å². The molecule has 1 aliphatic heterocycles. The third-order valence-electron chi connectivity index (χ3n) is 5.74. The Kier molecular flexibility index (Phi) is 6.50. The maximum absolute atomic E-state index is 13.8. The number of halogens is 1. The molecule has 5 nitrogen and oxygen atoms in total. The molecular weight excluding hydrogens is 407 g/mol. The van der Waals surface area contributed by atoms with E-state index in [0.29, 0.717) is 24.1 Å². The van der Waals surface area contributed by atoms with Gasteiger partial charge in [-0.15, -0.1) is 0 Å². The van der Waals surface area contributed by atoms with Crippen LogP contribution < -0.4 is 10.1 Å². The highest BCUT2D eigenvalue weighted by atomic mass is 19.1. The Morgan fingerprint density at radius 2 is 1.78 bits per heavy atom. The second-order valence-electron chi connectivity index (χ2n) is 7.78. The predicted octanol–water partition coefficient (Wildman–Crippen LogP) is 4.42. The molecule has 1 heterocycles. The molecule has 164 valence electrons. The van der Waals surface area contributed by atoms with Crippen molar-refractivity contribution in [2.24, 2.45) is 0 Å². The Morgan fingerprint density at radius 3 is 2.56 bits per heavy atom. The van der Waals surface area contributed by atoms with E-state index in [-0.39, 0.29) is 24.2 Å². The van der Waals surface area contributed by atoms with E-state index in [1.54, 1.807) is 36.3 Å². The van der Waals surface area contributed by atoms with Gasteiger partial charge in [0.1, 0.15) is 17.6 Å². The number of amides is 2. The molecule has 0 saturated carbocycles. The largest absolute Gasteiger partial charge is 0.497 e. The maximum atomic E-state index is 13.8. The van der Waals surface area contributed by atoms with Gasteiger partial charge in [-0.2, -0.15) is 0 Å². The van der Waals surface area contributed by atoms with Crippen LogP contribution in [0.3, 0.4) is 0 Å². The fourth-order valence-electron chi connectivity index (χ4n) is 4.02. The van der Waals surface area contributed by atoms with E-state index in [1.165, 1.54) is 6.07 Å². The van der Waals surface area contributed by atoms with Crippen LogP contribution in [0.1, 0.15) is 28.8 Å². The third kappa shape index (κ3) is 4.64. The van der Waals surface area contributed by atoms with Crippen LogP contribution in [-0.2, 0) is 11.3 Å². The highest BCUT2D eigenvalue weighted by Crippen LogP contribution is 2.26. The summed E-state index contributed by atoms with van der Waals surface area (Å²) in [5, 5.41) is 2.78. The number of rotatable bonds is 6. The molecule has 4 rings (SSSR count). The SMILES string of the molecule is COc1cccc(-c2cccc(C(=O)N3CCCC3C(=O)NCc3ccccc3F)c2)c1. The third-order valence-corrected chi connectivity index (χ3v) is 5.74. The van der Waals surface area contributed by atoms with Crippen LogP contribution >= 0.6 is 0 Å². The van der Waals surface area contributed by atoms with Crippen LogP contribution in [-0.4, -0.2) is 36.4 Å². The van der Waals surface area contributed by atoms with Crippen molar-refractivity contribution in [2.45, 2.75) is 25.4 Å². The average molecular weight is 432 g/mol. The number of nitrogens with zero attached hydrogens (tertiary/aromatic N) is 1. The number of likely N-dealkylation sites (tertiary alicyclic amines) is 1. The molecule has 0 aliphatic carbocycles. The molecule has 1 N–H and O–H groups in total. The Morgan fingerprint density at radius 1 is 1.03 bits per heavy atom. The van der Waals surface area contributed by atoms with Gasteiger partial charge in [0, 0.05) is 24.2 Å². The molecular formula is C26H25FN2O3. The lowest BCUT2D eigenvalue weighted by Gasteiger charge is -2.24. The molecule has 1 aliphatic rings. The Hall–Kier alpha value is -3.67. The monoisotopic (exact) mass is 432 g/mol. The zero-order valence-electron chi connectivity index (χ0n) is 17.9. The minimum atomic E-state index is -0.560. The summed E-state index contributed by atoms with van der Waals surface area (Å²) in [5.41, 5.74) is 2.79. The van der Waals surface area contributed by atoms with Crippen molar-refractivity contribution in [1.29, 1.82) is 0 Å². The predicted molar refractivity (Wildman–Crippen MR) is 121 cm³/mol. The number of nitrogens with one attached hydrogen (secondary N) is 1. The van der Waals surface area contributed by atoms with Crippen molar-refractivity contribution in [1.82, 2.24) is 10.2 Å². The van der Waals surface area contributed by atoms with Gasteiger partial charge in [-0.3, -0.25) is 9.59 Å². The van der Waals surface area contributed by atoms with Crippen LogP contribution in [0.4, 0.5) is 4.39 Å². The van der Waals surface area contributed by atoms with E-state index in [9.17, 15) is 14.0 Å². The summed E-state index contributed by atoms with van der Waals surface area (Å²) >= 11 is 0. The van der Waals surface area contributed by atoms with Gasteiger partial charge < -0.3 is 15.0 Å². The number of ether oxygens (including phenoxy) is 1. The van der Waals surface area contributed by atoms with Gasteiger partial charge in [0.15, 0.2) is 0 Å². The molecule has 1 fully saturated rings. The first-order chi connectivity index (χ1) is 15.6. The van der Waals surface area contributed by atoms with E-state index >= 15 is 0 Å². The second kappa shape index (κ2) is 9.64. The molecule has 0 spiro atoms. The van der Waals surface area contributed by atoms with Crippen LogP contribution in [0.2, 0.25) is 0 Å². The highest BCUT2D eigenvalue weighted by molar-refractivity contribution is 5.98. The van der Waals surface area contributed by atoms with E-state index in [2.05, 4.69) is 5.32 Å². The summed E-state index contributed by atoms with van der Waals surface area (Å²) in [7, 11) is 1.61. The zero-order valence-corrected chi connectivity index (χ0v) is 17.9. The summed E-state index contributed by atoms with van der Waals surface area (Å²) < 4.78 is 19.1.